The molecule has 0 bridgehead atoms. The predicted octanol–water partition coefficient (Wildman–Crippen LogP) is 2.52. The van der Waals surface area contributed by atoms with E-state index in [1.54, 1.807) is 4.88 Å². The molecule has 0 unspecified atom stereocenters. The number of nitrogens with one attached hydrogen (secondary N) is 1. The van der Waals surface area contributed by atoms with Crippen LogP contribution in [0.5, 0.6) is 0 Å². The quantitative estimate of drug-likeness (QED) is 0.739. The van der Waals surface area contributed by atoms with Gasteiger partial charge in [0, 0.05) is 10.9 Å². The maximum atomic E-state index is 3.32. The predicted molar refractivity (Wildman–Crippen MR) is 53.9 cm³/mol. The van der Waals surface area contributed by atoms with E-state index in [2.05, 4.69) is 30.7 Å². The zero-order valence-electron chi connectivity index (χ0n) is 7.63. The lowest BCUT2D eigenvalue weighted by Crippen LogP contribution is -2.37. The molecule has 0 atom stereocenters. The monoisotopic (exact) mass is 181 g/mol. The van der Waals surface area contributed by atoms with Gasteiger partial charge in [0.15, 0.2) is 0 Å². The highest BCUT2D eigenvalue weighted by Gasteiger charge is 2.30. The van der Waals surface area contributed by atoms with Gasteiger partial charge in [-0.05, 0) is 49.7 Å². The summed E-state index contributed by atoms with van der Waals surface area (Å²) in [5.74, 6) is 0.849. The molecule has 0 aromatic carbocycles. The van der Waals surface area contributed by atoms with E-state index in [9.17, 15) is 0 Å². The Balaban J connectivity index is 2.01. The number of rotatable bonds is 2. The molecular formula is C10H15NS. The van der Waals surface area contributed by atoms with Crippen LogP contribution >= 0.6 is 11.3 Å². The van der Waals surface area contributed by atoms with E-state index >= 15 is 0 Å². The Morgan fingerprint density at radius 3 is 2.75 bits per heavy atom. The second-order valence-corrected chi connectivity index (χ2v) is 4.57. The molecule has 2 heteroatoms. The minimum atomic E-state index is 0.775. The van der Waals surface area contributed by atoms with Crippen LogP contribution in [0.1, 0.15) is 29.2 Å². The van der Waals surface area contributed by atoms with Gasteiger partial charge in [-0.1, -0.05) is 0 Å². The Morgan fingerprint density at radius 2 is 2.25 bits per heavy atom. The normalized spacial score (nSPS) is 28.5. The van der Waals surface area contributed by atoms with Crippen LogP contribution in [0.2, 0.25) is 0 Å². The van der Waals surface area contributed by atoms with Crippen molar-refractivity contribution in [3.8, 4) is 0 Å². The van der Waals surface area contributed by atoms with Crippen LogP contribution in [-0.2, 0) is 0 Å². The van der Waals surface area contributed by atoms with E-state index in [1.807, 2.05) is 11.3 Å². The van der Waals surface area contributed by atoms with Gasteiger partial charge in [0.1, 0.15) is 0 Å². The molecule has 1 aliphatic rings. The maximum Gasteiger partial charge on any atom is 0.0106 e. The Morgan fingerprint density at radius 1 is 1.50 bits per heavy atom. The highest BCUT2D eigenvalue weighted by atomic mass is 32.1. The zero-order chi connectivity index (χ0) is 8.55. The van der Waals surface area contributed by atoms with Crippen molar-refractivity contribution in [3.63, 3.8) is 0 Å². The summed E-state index contributed by atoms with van der Waals surface area (Å²) in [6, 6.07) is 3.00. The summed E-state index contributed by atoms with van der Waals surface area (Å²) in [7, 11) is 2.06. The smallest absolute Gasteiger partial charge is 0.0106 e. The average Bonchev–Trinajstić information content (AvgIpc) is 2.35. The molecule has 1 saturated carbocycles. The molecule has 66 valence electrons. The van der Waals surface area contributed by atoms with Crippen molar-refractivity contribution >= 4 is 11.3 Å². The summed E-state index contributed by atoms with van der Waals surface area (Å²) in [5, 5.41) is 5.52. The number of aryl methyl sites for hydroxylation is 1. The third-order valence-corrected chi connectivity index (χ3v) is 4.00. The Labute approximate surface area is 77.8 Å². The lowest BCUT2D eigenvalue weighted by Gasteiger charge is -2.34. The van der Waals surface area contributed by atoms with Crippen molar-refractivity contribution in [2.24, 2.45) is 0 Å². The van der Waals surface area contributed by atoms with Gasteiger partial charge in [-0.15, -0.1) is 11.3 Å². The van der Waals surface area contributed by atoms with Crippen molar-refractivity contribution < 1.29 is 0 Å². The Hall–Kier alpha value is -0.340. The van der Waals surface area contributed by atoms with E-state index in [0.717, 1.165) is 12.0 Å². The minimum Gasteiger partial charge on any atom is -0.317 e. The number of thiophene rings is 1. The van der Waals surface area contributed by atoms with E-state index in [0.29, 0.717) is 0 Å². The van der Waals surface area contributed by atoms with Gasteiger partial charge in [0.05, 0.1) is 0 Å². The summed E-state index contributed by atoms with van der Waals surface area (Å²) < 4.78 is 0. The highest BCUT2D eigenvalue weighted by Crippen LogP contribution is 2.40. The first-order chi connectivity index (χ1) is 5.81. The van der Waals surface area contributed by atoms with Gasteiger partial charge in [-0.2, -0.15) is 0 Å². The molecule has 0 aliphatic heterocycles. The molecule has 1 nitrogen and oxygen atoms in total. The van der Waals surface area contributed by atoms with Crippen LogP contribution in [0.25, 0.3) is 0 Å². The molecule has 1 N–H and O–H groups in total. The standard InChI is InChI=1S/C10H15NS/c1-7-3-4-12-10(7)8-5-9(6-8)11-2/h3-4,8-9,11H,5-6H2,1-2H3. The van der Waals surface area contributed by atoms with Gasteiger partial charge in [-0.25, -0.2) is 0 Å². The van der Waals surface area contributed by atoms with Crippen LogP contribution in [0.3, 0.4) is 0 Å². The molecule has 12 heavy (non-hydrogen) atoms. The van der Waals surface area contributed by atoms with Gasteiger partial charge < -0.3 is 5.32 Å². The van der Waals surface area contributed by atoms with Crippen molar-refractivity contribution in [3.05, 3.63) is 21.9 Å². The van der Waals surface area contributed by atoms with Crippen molar-refractivity contribution in [2.75, 3.05) is 7.05 Å². The topological polar surface area (TPSA) is 12.0 Å². The average molecular weight is 181 g/mol. The molecular weight excluding hydrogens is 166 g/mol. The Bertz CT molecular complexity index is 261. The zero-order valence-corrected chi connectivity index (χ0v) is 8.45. The summed E-state index contributed by atoms with van der Waals surface area (Å²) in [6.45, 7) is 2.22. The van der Waals surface area contributed by atoms with Crippen LogP contribution in [0.4, 0.5) is 0 Å². The second kappa shape index (κ2) is 3.19. The van der Waals surface area contributed by atoms with E-state index in [4.69, 9.17) is 0 Å². The summed E-state index contributed by atoms with van der Waals surface area (Å²) in [4.78, 5) is 1.61. The molecule has 1 heterocycles. The fourth-order valence-electron chi connectivity index (χ4n) is 1.87. The molecule has 0 amide bonds. The molecule has 0 spiro atoms. The molecule has 2 rings (SSSR count). The summed E-state index contributed by atoms with van der Waals surface area (Å²) in [5.41, 5.74) is 1.49. The van der Waals surface area contributed by atoms with Crippen LogP contribution in [0.15, 0.2) is 11.4 Å². The first-order valence-electron chi connectivity index (χ1n) is 4.52. The fraction of sp³-hybridized carbons (Fsp3) is 0.600. The highest BCUT2D eigenvalue weighted by molar-refractivity contribution is 7.10. The van der Waals surface area contributed by atoms with Crippen LogP contribution in [-0.4, -0.2) is 13.1 Å². The Kier molecular flexibility index (Phi) is 2.20. The molecule has 1 aromatic rings. The fourth-order valence-corrected chi connectivity index (χ4v) is 2.93. The number of hydrogen-bond donors (Lipinski definition) is 1. The minimum absolute atomic E-state index is 0.775. The lowest BCUT2D eigenvalue weighted by molar-refractivity contribution is 0.310. The van der Waals surface area contributed by atoms with Crippen molar-refractivity contribution in [1.82, 2.24) is 5.32 Å². The summed E-state index contributed by atoms with van der Waals surface area (Å²) in [6.07, 6.45) is 2.66. The second-order valence-electron chi connectivity index (χ2n) is 3.62. The van der Waals surface area contributed by atoms with Crippen molar-refractivity contribution in [1.29, 1.82) is 0 Å². The van der Waals surface area contributed by atoms with E-state index < -0.39 is 0 Å². The SMILES string of the molecule is CNC1CC(c2sccc2C)C1. The molecule has 1 aliphatic carbocycles. The lowest BCUT2D eigenvalue weighted by atomic mass is 9.78. The van der Waals surface area contributed by atoms with Crippen LogP contribution in [0, 0.1) is 6.92 Å². The third-order valence-electron chi connectivity index (χ3n) is 2.82. The van der Waals surface area contributed by atoms with Gasteiger partial charge in [-0.3, -0.25) is 0 Å². The third kappa shape index (κ3) is 1.29. The summed E-state index contributed by atoms with van der Waals surface area (Å²) >= 11 is 1.92. The van der Waals surface area contributed by atoms with Crippen LogP contribution < -0.4 is 5.32 Å². The van der Waals surface area contributed by atoms with Gasteiger partial charge in [0.2, 0.25) is 0 Å². The first-order valence-corrected chi connectivity index (χ1v) is 5.40. The van der Waals surface area contributed by atoms with E-state index in [1.165, 1.54) is 18.4 Å². The molecule has 1 aromatic heterocycles. The molecule has 0 saturated heterocycles. The molecule has 0 radical (unpaired) electrons. The number of hydrogen-bond acceptors (Lipinski definition) is 2. The van der Waals surface area contributed by atoms with Gasteiger partial charge in [0.25, 0.3) is 0 Å². The van der Waals surface area contributed by atoms with Gasteiger partial charge >= 0.3 is 0 Å². The van der Waals surface area contributed by atoms with Crippen molar-refractivity contribution in [2.45, 2.75) is 31.7 Å². The molecule has 1 fully saturated rings. The first kappa shape index (κ1) is 8.27. The largest absolute Gasteiger partial charge is 0.317 e. The van der Waals surface area contributed by atoms with E-state index in [-0.39, 0.29) is 0 Å². The maximum absolute atomic E-state index is 3.32.